The van der Waals surface area contributed by atoms with Crippen molar-refractivity contribution in [2.75, 3.05) is 0 Å². The molecule has 1 aliphatic carbocycles. The Morgan fingerprint density at radius 1 is 1.22 bits per heavy atom. The molecule has 0 atom stereocenters. The molecule has 0 saturated heterocycles. The number of carboxylic acids is 1. The lowest BCUT2D eigenvalue weighted by atomic mass is 9.78. The zero-order chi connectivity index (χ0) is 12.6. The van der Waals surface area contributed by atoms with Gasteiger partial charge in [0.05, 0.1) is 10.9 Å². The lowest BCUT2D eigenvalue weighted by molar-refractivity contribution is -0.143. The summed E-state index contributed by atoms with van der Waals surface area (Å²) in [5, 5.41) is 10.6. The Morgan fingerprint density at radius 3 is 2.72 bits per heavy atom. The summed E-state index contributed by atoms with van der Waals surface area (Å²) in [5.41, 5.74) is 1.09. The van der Waals surface area contributed by atoms with Gasteiger partial charge in [0.15, 0.2) is 0 Å². The molecule has 3 rings (SSSR count). The Kier molecular flexibility index (Phi) is 2.54. The number of nitrogens with zero attached hydrogens (tertiary/aromatic N) is 1. The highest BCUT2D eigenvalue weighted by molar-refractivity contribution is 5.85. The van der Waals surface area contributed by atoms with Crippen molar-refractivity contribution in [1.29, 1.82) is 0 Å². The number of carbonyl (C=O) groups is 1. The number of rotatable bonds is 2. The lowest BCUT2D eigenvalue weighted by Gasteiger charge is -2.24. The van der Waals surface area contributed by atoms with Gasteiger partial charge < -0.3 is 5.11 Å². The number of hydrogen-bond acceptors (Lipinski definition) is 2. The van der Waals surface area contributed by atoms with Gasteiger partial charge in [-0.15, -0.1) is 0 Å². The largest absolute Gasteiger partial charge is 0.481 e. The van der Waals surface area contributed by atoms with Crippen LogP contribution in [-0.2, 0) is 10.2 Å². The monoisotopic (exact) mass is 241 g/mol. The molecule has 92 valence electrons. The van der Waals surface area contributed by atoms with E-state index in [2.05, 4.69) is 4.98 Å². The molecular formula is C15H15NO2. The molecule has 1 fully saturated rings. The fourth-order valence-electron chi connectivity index (χ4n) is 2.97. The third-order valence-corrected chi connectivity index (χ3v) is 4.02. The first kappa shape index (κ1) is 11.2. The summed E-state index contributed by atoms with van der Waals surface area (Å²) in [6.07, 6.45) is 5.20. The van der Waals surface area contributed by atoms with Gasteiger partial charge in [0.1, 0.15) is 0 Å². The van der Waals surface area contributed by atoms with E-state index in [-0.39, 0.29) is 0 Å². The number of benzene rings is 1. The van der Waals surface area contributed by atoms with E-state index in [4.69, 9.17) is 0 Å². The normalized spacial score (nSPS) is 18.0. The number of carboxylic acid groups (broad SMARTS) is 1. The van der Waals surface area contributed by atoms with E-state index >= 15 is 0 Å². The zero-order valence-corrected chi connectivity index (χ0v) is 10.1. The quantitative estimate of drug-likeness (QED) is 0.878. The first-order valence-electron chi connectivity index (χ1n) is 6.31. The van der Waals surface area contributed by atoms with Crippen molar-refractivity contribution in [3.8, 4) is 0 Å². The summed E-state index contributed by atoms with van der Waals surface area (Å²) in [6, 6.07) is 9.75. The van der Waals surface area contributed by atoms with Crippen molar-refractivity contribution >= 4 is 16.9 Å². The van der Waals surface area contributed by atoms with Crippen LogP contribution in [0.4, 0.5) is 0 Å². The predicted octanol–water partition coefficient (Wildman–Crippen LogP) is 3.13. The first-order chi connectivity index (χ1) is 8.72. The predicted molar refractivity (Wildman–Crippen MR) is 69.5 cm³/mol. The van der Waals surface area contributed by atoms with Gasteiger partial charge in [0, 0.05) is 11.6 Å². The Balaban J connectivity index is 2.15. The molecule has 1 aliphatic rings. The molecule has 1 saturated carbocycles. The van der Waals surface area contributed by atoms with Crippen LogP contribution in [0.2, 0.25) is 0 Å². The molecule has 3 heteroatoms. The van der Waals surface area contributed by atoms with Crippen LogP contribution in [0.25, 0.3) is 10.9 Å². The molecule has 0 radical (unpaired) electrons. The Hall–Kier alpha value is -1.90. The molecular weight excluding hydrogens is 226 g/mol. The fourth-order valence-corrected chi connectivity index (χ4v) is 2.97. The van der Waals surface area contributed by atoms with E-state index < -0.39 is 11.4 Å². The summed E-state index contributed by atoms with van der Waals surface area (Å²) in [4.78, 5) is 16.0. The van der Waals surface area contributed by atoms with Crippen LogP contribution in [0.3, 0.4) is 0 Å². The van der Waals surface area contributed by atoms with Crippen molar-refractivity contribution in [2.45, 2.75) is 31.1 Å². The van der Waals surface area contributed by atoms with Crippen LogP contribution < -0.4 is 0 Å². The van der Waals surface area contributed by atoms with Gasteiger partial charge in [0.25, 0.3) is 0 Å². The first-order valence-corrected chi connectivity index (χ1v) is 6.31. The minimum absolute atomic E-state index is 0.689. The number of aliphatic carboxylic acids is 1. The van der Waals surface area contributed by atoms with Crippen molar-refractivity contribution < 1.29 is 9.90 Å². The van der Waals surface area contributed by atoms with Crippen molar-refractivity contribution in [1.82, 2.24) is 4.98 Å². The Labute approximate surface area is 105 Å². The minimum atomic E-state index is -0.699. The topological polar surface area (TPSA) is 50.2 Å². The van der Waals surface area contributed by atoms with E-state index in [1.54, 1.807) is 6.20 Å². The molecule has 3 nitrogen and oxygen atoms in total. The third kappa shape index (κ3) is 1.58. The average molecular weight is 241 g/mol. The second kappa shape index (κ2) is 4.09. The molecule has 0 bridgehead atoms. The maximum Gasteiger partial charge on any atom is 0.314 e. The molecule has 1 heterocycles. The van der Waals surface area contributed by atoms with Gasteiger partial charge in [-0.3, -0.25) is 9.78 Å². The fraction of sp³-hybridized carbons (Fsp3) is 0.333. The summed E-state index contributed by atoms with van der Waals surface area (Å²) >= 11 is 0. The van der Waals surface area contributed by atoms with Crippen molar-refractivity contribution in [3.05, 3.63) is 42.1 Å². The highest BCUT2D eigenvalue weighted by atomic mass is 16.4. The summed E-state index contributed by atoms with van der Waals surface area (Å²) in [5.74, 6) is -0.699. The van der Waals surface area contributed by atoms with Gasteiger partial charge in [-0.2, -0.15) is 0 Å². The molecule has 0 aliphatic heterocycles. The number of hydrogen-bond donors (Lipinski definition) is 1. The van der Waals surface area contributed by atoms with Crippen LogP contribution in [0, 0.1) is 0 Å². The molecule has 1 aromatic heterocycles. The standard InChI is InChI=1S/C15H15NO2/c17-14(18)15(7-1-2-8-15)12-6-5-11-4-3-9-16-13(11)10-12/h3-6,9-10H,1-2,7-8H2,(H,17,18). The van der Waals surface area contributed by atoms with E-state index in [0.717, 1.165) is 42.1 Å². The maximum atomic E-state index is 11.6. The minimum Gasteiger partial charge on any atom is -0.481 e. The summed E-state index contributed by atoms with van der Waals surface area (Å²) in [7, 11) is 0. The van der Waals surface area contributed by atoms with Crippen LogP contribution in [0.1, 0.15) is 31.2 Å². The molecule has 0 unspecified atom stereocenters. The van der Waals surface area contributed by atoms with E-state index in [1.807, 2.05) is 30.3 Å². The van der Waals surface area contributed by atoms with Gasteiger partial charge in [-0.05, 0) is 30.5 Å². The lowest BCUT2D eigenvalue weighted by Crippen LogP contribution is -2.32. The summed E-state index contributed by atoms with van der Waals surface area (Å²) < 4.78 is 0. The van der Waals surface area contributed by atoms with E-state index in [9.17, 15) is 9.90 Å². The molecule has 1 N–H and O–H groups in total. The van der Waals surface area contributed by atoms with Crippen molar-refractivity contribution in [2.24, 2.45) is 0 Å². The smallest absolute Gasteiger partial charge is 0.314 e. The molecule has 2 aromatic rings. The third-order valence-electron chi connectivity index (χ3n) is 4.02. The molecule has 1 aromatic carbocycles. The molecule has 0 amide bonds. The Morgan fingerprint density at radius 2 is 2.00 bits per heavy atom. The van der Waals surface area contributed by atoms with Crippen LogP contribution in [0.15, 0.2) is 36.5 Å². The number of aromatic nitrogens is 1. The highest BCUT2D eigenvalue weighted by Gasteiger charge is 2.42. The van der Waals surface area contributed by atoms with Crippen LogP contribution in [0.5, 0.6) is 0 Å². The van der Waals surface area contributed by atoms with Gasteiger partial charge >= 0.3 is 5.97 Å². The Bertz CT molecular complexity index is 600. The second-order valence-corrected chi connectivity index (χ2v) is 5.01. The molecule has 0 spiro atoms. The van der Waals surface area contributed by atoms with Gasteiger partial charge in [0.2, 0.25) is 0 Å². The highest BCUT2D eigenvalue weighted by Crippen LogP contribution is 2.41. The summed E-state index contributed by atoms with van der Waals surface area (Å²) in [6.45, 7) is 0. The van der Waals surface area contributed by atoms with Gasteiger partial charge in [-0.1, -0.05) is 31.0 Å². The number of fused-ring (bicyclic) bond motifs is 1. The van der Waals surface area contributed by atoms with E-state index in [1.165, 1.54) is 0 Å². The van der Waals surface area contributed by atoms with Gasteiger partial charge in [-0.25, -0.2) is 0 Å². The SMILES string of the molecule is O=C(O)C1(c2ccc3cccnc3c2)CCCC1. The average Bonchev–Trinajstić information content (AvgIpc) is 2.89. The van der Waals surface area contributed by atoms with Crippen molar-refractivity contribution in [3.63, 3.8) is 0 Å². The molecule has 18 heavy (non-hydrogen) atoms. The van der Waals surface area contributed by atoms with E-state index in [0.29, 0.717) is 0 Å². The number of pyridine rings is 1. The second-order valence-electron chi connectivity index (χ2n) is 5.01. The van der Waals surface area contributed by atoms with Crippen LogP contribution >= 0.6 is 0 Å². The zero-order valence-electron chi connectivity index (χ0n) is 10.1. The maximum absolute atomic E-state index is 11.6. The van der Waals surface area contributed by atoms with Crippen LogP contribution in [-0.4, -0.2) is 16.1 Å².